The summed E-state index contributed by atoms with van der Waals surface area (Å²) in [6.45, 7) is 0. The van der Waals surface area contributed by atoms with Crippen molar-refractivity contribution < 1.29 is 8.42 Å². The monoisotopic (exact) mass is 295 g/mol. The van der Waals surface area contributed by atoms with Crippen molar-refractivity contribution in [1.29, 1.82) is 0 Å². The van der Waals surface area contributed by atoms with Gasteiger partial charge in [-0.05, 0) is 52.9 Å². The van der Waals surface area contributed by atoms with Crippen molar-refractivity contribution >= 4 is 21.2 Å². The molecule has 2 aromatic rings. The SMILES string of the molecule is CS(=O)(=O)c1cccc(C(N)CCc2ccsc2)c1. The zero-order valence-electron chi connectivity index (χ0n) is 10.7. The molecule has 0 amide bonds. The molecule has 1 aromatic heterocycles. The number of thiophene rings is 1. The first-order valence-electron chi connectivity index (χ1n) is 6.03. The Morgan fingerprint density at radius 1 is 1.32 bits per heavy atom. The highest BCUT2D eigenvalue weighted by molar-refractivity contribution is 7.90. The molecule has 0 aliphatic rings. The topological polar surface area (TPSA) is 60.2 Å². The molecule has 1 aromatic carbocycles. The van der Waals surface area contributed by atoms with Gasteiger partial charge in [0.1, 0.15) is 0 Å². The van der Waals surface area contributed by atoms with Crippen molar-refractivity contribution in [2.75, 3.05) is 6.26 Å². The van der Waals surface area contributed by atoms with Gasteiger partial charge < -0.3 is 5.73 Å². The average Bonchev–Trinajstić information content (AvgIpc) is 2.88. The smallest absolute Gasteiger partial charge is 0.175 e. The summed E-state index contributed by atoms with van der Waals surface area (Å²) in [6, 6.07) is 8.85. The standard InChI is InChI=1S/C14H17NO2S2/c1-19(16,17)13-4-2-3-12(9-13)14(15)6-5-11-7-8-18-10-11/h2-4,7-10,14H,5-6,15H2,1H3. The summed E-state index contributed by atoms with van der Waals surface area (Å²) in [4.78, 5) is 0.330. The Balaban J connectivity index is 2.09. The summed E-state index contributed by atoms with van der Waals surface area (Å²) in [5.41, 5.74) is 8.28. The van der Waals surface area contributed by atoms with Crippen LogP contribution in [0.15, 0.2) is 46.0 Å². The zero-order chi connectivity index (χ0) is 13.9. The van der Waals surface area contributed by atoms with Gasteiger partial charge in [-0.15, -0.1) is 0 Å². The van der Waals surface area contributed by atoms with Crippen LogP contribution in [-0.4, -0.2) is 14.7 Å². The molecule has 0 fully saturated rings. The summed E-state index contributed by atoms with van der Waals surface area (Å²) in [5, 5.41) is 4.16. The molecule has 0 radical (unpaired) electrons. The maximum absolute atomic E-state index is 11.5. The molecule has 0 saturated carbocycles. The van der Waals surface area contributed by atoms with Crippen LogP contribution in [0.1, 0.15) is 23.6 Å². The van der Waals surface area contributed by atoms with Crippen LogP contribution in [0.25, 0.3) is 0 Å². The quantitative estimate of drug-likeness (QED) is 0.922. The lowest BCUT2D eigenvalue weighted by atomic mass is 10.0. The minimum Gasteiger partial charge on any atom is -0.324 e. The third-order valence-electron chi connectivity index (χ3n) is 3.04. The second kappa shape index (κ2) is 5.86. The first-order chi connectivity index (χ1) is 8.97. The van der Waals surface area contributed by atoms with Crippen LogP contribution in [0.3, 0.4) is 0 Å². The molecule has 2 N–H and O–H groups in total. The molecule has 5 heteroatoms. The first kappa shape index (κ1) is 14.2. The van der Waals surface area contributed by atoms with Gasteiger partial charge in [0.2, 0.25) is 0 Å². The largest absolute Gasteiger partial charge is 0.324 e. The fourth-order valence-electron chi connectivity index (χ4n) is 1.90. The summed E-state index contributed by atoms with van der Waals surface area (Å²) < 4.78 is 23.0. The summed E-state index contributed by atoms with van der Waals surface area (Å²) in [5.74, 6) is 0. The summed E-state index contributed by atoms with van der Waals surface area (Å²) in [6.07, 6.45) is 2.93. The molecule has 0 saturated heterocycles. The lowest BCUT2D eigenvalue weighted by Crippen LogP contribution is -2.12. The van der Waals surface area contributed by atoms with E-state index in [2.05, 4.69) is 11.4 Å². The van der Waals surface area contributed by atoms with Crippen LogP contribution >= 0.6 is 11.3 Å². The van der Waals surface area contributed by atoms with E-state index in [1.807, 2.05) is 11.4 Å². The maximum Gasteiger partial charge on any atom is 0.175 e. The molecular formula is C14H17NO2S2. The normalized spacial score (nSPS) is 13.4. The molecule has 3 nitrogen and oxygen atoms in total. The van der Waals surface area contributed by atoms with E-state index < -0.39 is 9.84 Å². The van der Waals surface area contributed by atoms with Crippen molar-refractivity contribution in [2.45, 2.75) is 23.8 Å². The van der Waals surface area contributed by atoms with E-state index in [1.165, 1.54) is 11.8 Å². The van der Waals surface area contributed by atoms with Gasteiger partial charge in [-0.25, -0.2) is 8.42 Å². The van der Waals surface area contributed by atoms with E-state index in [4.69, 9.17) is 5.73 Å². The molecule has 1 unspecified atom stereocenters. The number of rotatable bonds is 5. The van der Waals surface area contributed by atoms with E-state index in [0.717, 1.165) is 18.4 Å². The van der Waals surface area contributed by atoms with Crippen molar-refractivity contribution in [3.63, 3.8) is 0 Å². The maximum atomic E-state index is 11.5. The molecule has 102 valence electrons. The molecule has 0 aliphatic heterocycles. The summed E-state index contributed by atoms with van der Waals surface area (Å²) in [7, 11) is -3.17. The van der Waals surface area contributed by atoms with Gasteiger partial charge in [0.15, 0.2) is 9.84 Å². The number of sulfone groups is 1. The Morgan fingerprint density at radius 3 is 2.74 bits per heavy atom. The Bertz CT molecular complexity index is 633. The highest BCUT2D eigenvalue weighted by atomic mass is 32.2. The fraction of sp³-hybridized carbons (Fsp3) is 0.286. The Kier molecular flexibility index (Phi) is 4.39. The van der Waals surface area contributed by atoms with Crippen molar-refractivity contribution in [3.8, 4) is 0 Å². The second-order valence-electron chi connectivity index (χ2n) is 4.62. The number of hydrogen-bond acceptors (Lipinski definition) is 4. The van der Waals surface area contributed by atoms with Gasteiger partial charge >= 0.3 is 0 Å². The lowest BCUT2D eigenvalue weighted by Gasteiger charge is -2.12. The van der Waals surface area contributed by atoms with E-state index in [9.17, 15) is 8.42 Å². The van der Waals surface area contributed by atoms with E-state index in [-0.39, 0.29) is 6.04 Å². The predicted octanol–water partition coefficient (Wildman–Crippen LogP) is 2.78. The van der Waals surface area contributed by atoms with Gasteiger partial charge in [-0.3, -0.25) is 0 Å². The van der Waals surface area contributed by atoms with Gasteiger partial charge in [-0.1, -0.05) is 12.1 Å². The number of hydrogen-bond donors (Lipinski definition) is 1. The van der Waals surface area contributed by atoms with Crippen LogP contribution in [0.2, 0.25) is 0 Å². The predicted molar refractivity (Wildman–Crippen MR) is 79.1 cm³/mol. The minimum absolute atomic E-state index is 0.137. The van der Waals surface area contributed by atoms with Crippen molar-refractivity contribution in [2.24, 2.45) is 5.73 Å². The third-order valence-corrected chi connectivity index (χ3v) is 4.88. The number of aryl methyl sites for hydroxylation is 1. The summed E-state index contributed by atoms with van der Waals surface area (Å²) >= 11 is 1.67. The van der Waals surface area contributed by atoms with E-state index in [0.29, 0.717) is 4.90 Å². The van der Waals surface area contributed by atoms with Crippen molar-refractivity contribution in [1.82, 2.24) is 0 Å². The number of benzene rings is 1. The Hall–Kier alpha value is -1.17. The van der Waals surface area contributed by atoms with Crippen LogP contribution < -0.4 is 5.73 Å². The molecule has 1 atom stereocenters. The van der Waals surface area contributed by atoms with E-state index >= 15 is 0 Å². The van der Waals surface area contributed by atoms with Crippen LogP contribution in [0.4, 0.5) is 0 Å². The van der Waals surface area contributed by atoms with Gasteiger partial charge in [0, 0.05) is 12.3 Å². The highest BCUT2D eigenvalue weighted by Gasteiger charge is 2.11. The van der Waals surface area contributed by atoms with Crippen LogP contribution in [0, 0.1) is 0 Å². The average molecular weight is 295 g/mol. The second-order valence-corrected chi connectivity index (χ2v) is 7.42. The van der Waals surface area contributed by atoms with Gasteiger partial charge in [0.25, 0.3) is 0 Å². The highest BCUT2D eigenvalue weighted by Crippen LogP contribution is 2.20. The van der Waals surface area contributed by atoms with Crippen LogP contribution in [-0.2, 0) is 16.3 Å². The molecule has 1 heterocycles. The zero-order valence-corrected chi connectivity index (χ0v) is 12.4. The third kappa shape index (κ3) is 3.89. The van der Waals surface area contributed by atoms with Crippen molar-refractivity contribution in [3.05, 3.63) is 52.2 Å². The molecule has 0 bridgehead atoms. The Labute approximate surface area is 118 Å². The molecule has 0 spiro atoms. The first-order valence-corrected chi connectivity index (χ1v) is 8.87. The lowest BCUT2D eigenvalue weighted by molar-refractivity contribution is 0.601. The fourth-order valence-corrected chi connectivity index (χ4v) is 3.28. The molecule has 19 heavy (non-hydrogen) atoms. The Morgan fingerprint density at radius 2 is 2.11 bits per heavy atom. The van der Waals surface area contributed by atoms with Gasteiger partial charge in [-0.2, -0.15) is 11.3 Å². The molecule has 0 aliphatic carbocycles. The van der Waals surface area contributed by atoms with E-state index in [1.54, 1.807) is 29.5 Å². The molecular weight excluding hydrogens is 278 g/mol. The number of nitrogens with two attached hydrogens (primary N) is 1. The molecule has 2 rings (SSSR count). The van der Waals surface area contributed by atoms with Gasteiger partial charge in [0.05, 0.1) is 4.90 Å². The van der Waals surface area contributed by atoms with Crippen LogP contribution in [0.5, 0.6) is 0 Å². The minimum atomic E-state index is -3.17.